The summed E-state index contributed by atoms with van der Waals surface area (Å²) in [6, 6.07) is 4.35. The number of aromatic nitrogens is 3. The van der Waals surface area contributed by atoms with Crippen molar-refractivity contribution in [2.75, 3.05) is 11.2 Å². The molecule has 0 bridgehead atoms. The van der Waals surface area contributed by atoms with Gasteiger partial charge in [0.25, 0.3) is 0 Å². The van der Waals surface area contributed by atoms with E-state index in [1.54, 1.807) is 12.3 Å². The van der Waals surface area contributed by atoms with Gasteiger partial charge in [-0.2, -0.15) is 5.10 Å². The lowest BCUT2D eigenvalue weighted by molar-refractivity contribution is -0.113. The molecule has 2 aromatic heterocycles. The van der Waals surface area contributed by atoms with Gasteiger partial charge in [0.1, 0.15) is 22.9 Å². The number of anilines is 1. The molecule has 0 radical (unpaired) electrons. The SMILES string of the molecule is O=C(CCl)Nc1cc(C2CC2)cnc1C(=O)c1ccc(F)c2[nH]ncc12. The van der Waals surface area contributed by atoms with E-state index in [2.05, 4.69) is 20.5 Å². The van der Waals surface area contributed by atoms with Gasteiger partial charge in [-0.25, -0.2) is 4.39 Å². The fourth-order valence-corrected chi connectivity index (χ4v) is 2.98. The molecule has 8 heteroatoms. The van der Waals surface area contributed by atoms with Crippen LogP contribution in [0, 0.1) is 5.82 Å². The third-order valence-electron chi connectivity index (χ3n) is 4.38. The van der Waals surface area contributed by atoms with Crippen molar-refractivity contribution in [2.24, 2.45) is 0 Å². The minimum atomic E-state index is -0.498. The fourth-order valence-electron chi connectivity index (χ4n) is 2.91. The van der Waals surface area contributed by atoms with Crippen LogP contribution in [0.1, 0.15) is 40.4 Å². The van der Waals surface area contributed by atoms with Crippen molar-refractivity contribution in [2.45, 2.75) is 18.8 Å². The average Bonchev–Trinajstić information content (AvgIpc) is 3.38. The first-order chi connectivity index (χ1) is 12.6. The molecule has 0 atom stereocenters. The summed E-state index contributed by atoms with van der Waals surface area (Å²) in [5, 5.41) is 9.34. The molecule has 132 valence electrons. The van der Waals surface area contributed by atoms with Crippen molar-refractivity contribution in [3.05, 3.63) is 53.2 Å². The second-order valence-corrected chi connectivity index (χ2v) is 6.47. The number of halogens is 2. The van der Waals surface area contributed by atoms with E-state index >= 15 is 0 Å². The summed E-state index contributed by atoms with van der Waals surface area (Å²) in [5.74, 6) is -1.18. The Hall–Kier alpha value is -2.80. The quantitative estimate of drug-likeness (QED) is 0.531. The summed E-state index contributed by atoms with van der Waals surface area (Å²) in [5.41, 5.74) is 1.77. The highest BCUT2D eigenvalue weighted by Crippen LogP contribution is 2.41. The molecule has 0 unspecified atom stereocenters. The third-order valence-corrected chi connectivity index (χ3v) is 4.62. The molecule has 2 heterocycles. The first-order valence-corrected chi connectivity index (χ1v) is 8.64. The van der Waals surface area contributed by atoms with E-state index in [1.807, 2.05) is 0 Å². The molecule has 1 amide bonds. The normalized spacial score (nSPS) is 13.8. The number of carbonyl (C=O) groups excluding carboxylic acids is 2. The van der Waals surface area contributed by atoms with Crippen molar-refractivity contribution in [3.63, 3.8) is 0 Å². The number of pyridine rings is 1. The molecule has 1 saturated carbocycles. The van der Waals surface area contributed by atoms with Crippen LogP contribution in [0.25, 0.3) is 10.9 Å². The van der Waals surface area contributed by atoms with Gasteiger partial charge in [0, 0.05) is 17.1 Å². The molecule has 0 saturated heterocycles. The van der Waals surface area contributed by atoms with E-state index in [-0.39, 0.29) is 22.7 Å². The molecule has 0 spiro atoms. The minimum absolute atomic E-state index is 0.0852. The van der Waals surface area contributed by atoms with Crippen LogP contribution < -0.4 is 5.32 Å². The largest absolute Gasteiger partial charge is 0.323 e. The lowest BCUT2D eigenvalue weighted by atomic mass is 10.0. The Bertz CT molecular complexity index is 1030. The van der Waals surface area contributed by atoms with E-state index in [4.69, 9.17) is 11.6 Å². The zero-order valence-electron chi connectivity index (χ0n) is 13.6. The second kappa shape index (κ2) is 6.49. The smallest absolute Gasteiger partial charge is 0.239 e. The number of H-pyrrole nitrogens is 1. The Balaban J connectivity index is 1.80. The van der Waals surface area contributed by atoms with Crippen LogP contribution in [-0.4, -0.2) is 32.8 Å². The standard InChI is InChI=1S/C18H14ClFN4O2/c19-6-15(25)23-14-5-10(9-1-2-9)7-21-17(14)18(26)11-3-4-13(20)16-12(11)8-22-24-16/h3-5,7-9H,1-2,6H2,(H,22,24)(H,23,25). The number of carbonyl (C=O) groups is 2. The first kappa shape index (κ1) is 16.7. The number of rotatable bonds is 5. The summed E-state index contributed by atoms with van der Waals surface area (Å²) >= 11 is 5.57. The summed E-state index contributed by atoms with van der Waals surface area (Å²) in [6.45, 7) is 0. The molecule has 1 aliphatic rings. The highest BCUT2D eigenvalue weighted by Gasteiger charge is 2.27. The van der Waals surface area contributed by atoms with Crippen LogP contribution in [0.5, 0.6) is 0 Å². The zero-order chi connectivity index (χ0) is 18.3. The highest BCUT2D eigenvalue weighted by molar-refractivity contribution is 6.29. The van der Waals surface area contributed by atoms with Gasteiger partial charge in [0.2, 0.25) is 11.7 Å². The van der Waals surface area contributed by atoms with Crippen LogP contribution in [0.15, 0.2) is 30.6 Å². The Morgan fingerprint density at radius 3 is 2.85 bits per heavy atom. The predicted molar refractivity (Wildman–Crippen MR) is 95.0 cm³/mol. The van der Waals surface area contributed by atoms with Gasteiger partial charge in [0.15, 0.2) is 0 Å². The van der Waals surface area contributed by atoms with Crippen LogP contribution in [0.3, 0.4) is 0 Å². The molecule has 2 N–H and O–H groups in total. The van der Waals surface area contributed by atoms with Gasteiger partial charge in [-0.05, 0) is 42.5 Å². The summed E-state index contributed by atoms with van der Waals surface area (Å²) in [4.78, 5) is 29.1. The van der Waals surface area contributed by atoms with Crippen molar-refractivity contribution >= 4 is 39.9 Å². The number of benzene rings is 1. The Labute approximate surface area is 152 Å². The number of ketones is 1. The number of fused-ring (bicyclic) bond motifs is 1. The van der Waals surface area contributed by atoms with E-state index in [9.17, 15) is 14.0 Å². The van der Waals surface area contributed by atoms with Gasteiger partial charge in [-0.1, -0.05) is 0 Å². The molecule has 1 aliphatic carbocycles. The molecule has 26 heavy (non-hydrogen) atoms. The first-order valence-electron chi connectivity index (χ1n) is 8.10. The van der Waals surface area contributed by atoms with Crippen LogP contribution in [0.4, 0.5) is 10.1 Å². The Morgan fingerprint density at radius 2 is 2.12 bits per heavy atom. The number of hydrogen-bond donors (Lipinski definition) is 2. The number of nitrogens with zero attached hydrogens (tertiary/aromatic N) is 2. The van der Waals surface area contributed by atoms with Crippen molar-refractivity contribution in [1.29, 1.82) is 0 Å². The second-order valence-electron chi connectivity index (χ2n) is 6.20. The van der Waals surface area contributed by atoms with Gasteiger partial charge in [0.05, 0.1) is 11.9 Å². The van der Waals surface area contributed by atoms with Gasteiger partial charge < -0.3 is 5.32 Å². The van der Waals surface area contributed by atoms with E-state index in [0.29, 0.717) is 17.0 Å². The molecule has 0 aliphatic heterocycles. The number of aromatic amines is 1. The van der Waals surface area contributed by atoms with E-state index < -0.39 is 17.5 Å². The lowest BCUT2D eigenvalue weighted by Crippen LogP contribution is -2.17. The topological polar surface area (TPSA) is 87.7 Å². The highest BCUT2D eigenvalue weighted by atomic mass is 35.5. The lowest BCUT2D eigenvalue weighted by Gasteiger charge is -2.11. The average molecular weight is 373 g/mol. The Kier molecular flexibility index (Phi) is 4.16. The minimum Gasteiger partial charge on any atom is -0.323 e. The Morgan fingerprint density at radius 1 is 1.31 bits per heavy atom. The molecular weight excluding hydrogens is 359 g/mol. The summed E-state index contributed by atoms with van der Waals surface area (Å²) in [6.07, 6.45) is 5.16. The zero-order valence-corrected chi connectivity index (χ0v) is 14.3. The van der Waals surface area contributed by atoms with Gasteiger partial charge in [-0.3, -0.25) is 19.7 Å². The summed E-state index contributed by atoms with van der Waals surface area (Å²) in [7, 11) is 0. The predicted octanol–water partition coefficient (Wildman–Crippen LogP) is 3.38. The number of nitrogens with one attached hydrogen (secondary N) is 2. The van der Waals surface area contributed by atoms with E-state index in [1.165, 1.54) is 18.3 Å². The van der Waals surface area contributed by atoms with Gasteiger partial charge in [-0.15, -0.1) is 11.6 Å². The fraction of sp³-hybridized carbons (Fsp3) is 0.222. The molecule has 4 rings (SSSR count). The van der Waals surface area contributed by atoms with Crippen molar-refractivity contribution in [1.82, 2.24) is 15.2 Å². The number of alkyl halides is 1. The monoisotopic (exact) mass is 372 g/mol. The van der Waals surface area contributed by atoms with Crippen molar-refractivity contribution < 1.29 is 14.0 Å². The molecule has 6 nitrogen and oxygen atoms in total. The molecular formula is C18H14ClFN4O2. The maximum Gasteiger partial charge on any atom is 0.239 e. The third kappa shape index (κ3) is 2.94. The van der Waals surface area contributed by atoms with E-state index in [0.717, 1.165) is 18.4 Å². The maximum absolute atomic E-state index is 13.8. The number of amides is 1. The summed E-state index contributed by atoms with van der Waals surface area (Å²) < 4.78 is 13.8. The van der Waals surface area contributed by atoms with Gasteiger partial charge >= 0.3 is 0 Å². The van der Waals surface area contributed by atoms with Crippen LogP contribution >= 0.6 is 11.6 Å². The number of hydrogen-bond acceptors (Lipinski definition) is 4. The molecule has 1 fully saturated rings. The molecule has 1 aromatic carbocycles. The van der Waals surface area contributed by atoms with Crippen molar-refractivity contribution in [3.8, 4) is 0 Å². The van der Waals surface area contributed by atoms with Crippen LogP contribution in [-0.2, 0) is 4.79 Å². The maximum atomic E-state index is 13.8. The molecule has 3 aromatic rings. The van der Waals surface area contributed by atoms with Crippen LogP contribution in [0.2, 0.25) is 0 Å².